The van der Waals surface area contributed by atoms with Crippen molar-refractivity contribution in [3.05, 3.63) is 120 Å². The van der Waals surface area contributed by atoms with E-state index in [9.17, 15) is 19.2 Å². The fourth-order valence-corrected chi connectivity index (χ4v) is 9.53. The molecule has 0 bridgehead atoms. The molecule has 0 spiro atoms. The number of amides is 4. The second-order valence-electron chi connectivity index (χ2n) is 17.1. The van der Waals surface area contributed by atoms with E-state index in [0.29, 0.717) is 49.9 Å². The summed E-state index contributed by atoms with van der Waals surface area (Å²) in [5, 5.41) is 5.62. The molecule has 4 aliphatic heterocycles. The first-order valence-corrected chi connectivity index (χ1v) is 21.9. The van der Waals surface area contributed by atoms with E-state index in [0.717, 1.165) is 75.5 Å². The molecule has 17 heteroatoms. The van der Waals surface area contributed by atoms with Crippen LogP contribution in [-0.2, 0) is 27.5 Å². The van der Waals surface area contributed by atoms with Crippen molar-refractivity contribution in [1.82, 2.24) is 50.3 Å². The highest BCUT2D eigenvalue weighted by Crippen LogP contribution is 2.51. The number of hydrogen-bond acceptors (Lipinski definition) is 11. The maximum atomic E-state index is 14.4. The number of nitrogens with one attached hydrogen (secondary N) is 4. The summed E-state index contributed by atoms with van der Waals surface area (Å²) >= 11 is 0. The highest BCUT2D eigenvalue weighted by Gasteiger charge is 2.39. The van der Waals surface area contributed by atoms with E-state index in [2.05, 4.69) is 42.7 Å². The zero-order chi connectivity index (χ0) is 44.8. The summed E-state index contributed by atoms with van der Waals surface area (Å²) in [5.74, 6) is 1.85. The third kappa shape index (κ3) is 7.80. The average Bonchev–Trinajstić information content (AvgIpc) is 4.19. The lowest BCUT2D eigenvalue weighted by Gasteiger charge is -2.30. The van der Waals surface area contributed by atoms with Crippen molar-refractivity contribution in [3.63, 3.8) is 0 Å². The minimum Gasteiger partial charge on any atom is -0.488 e. The number of ether oxygens (including phenoxy) is 3. The first kappa shape index (κ1) is 41.5. The lowest BCUT2D eigenvalue weighted by atomic mass is 9.87. The van der Waals surface area contributed by atoms with Crippen molar-refractivity contribution >= 4 is 23.8 Å². The maximum absolute atomic E-state index is 14.4. The van der Waals surface area contributed by atoms with E-state index >= 15 is 0 Å². The van der Waals surface area contributed by atoms with Gasteiger partial charge in [0.1, 0.15) is 60.5 Å². The summed E-state index contributed by atoms with van der Waals surface area (Å²) < 4.78 is 17.7. The molecule has 4 amide bonds. The minimum absolute atomic E-state index is 0.132. The number of carbonyl (C=O) groups is 4. The Bertz CT molecular complexity index is 2740. The number of imidazole rings is 2. The van der Waals surface area contributed by atoms with Gasteiger partial charge in [-0.3, -0.25) is 14.4 Å². The molecule has 3 aromatic carbocycles. The Kier molecular flexibility index (Phi) is 11.0. The van der Waals surface area contributed by atoms with Crippen LogP contribution in [0.25, 0.3) is 33.6 Å². The van der Waals surface area contributed by atoms with Crippen LogP contribution >= 0.6 is 0 Å². The molecule has 7 heterocycles. The molecule has 65 heavy (non-hydrogen) atoms. The molecule has 0 radical (unpaired) electrons. The number of hydrogen-bond donors (Lipinski definition) is 4. The highest BCUT2D eigenvalue weighted by molar-refractivity contribution is 5.96. The van der Waals surface area contributed by atoms with E-state index in [1.807, 2.05) is 56.3 Å². The molecule has 0 aliphatic carbocycles. The molecule has 4 atom stereocenters. The van der Waals surface area contributed by atoms with Crippen molar-refractivity contribution in [2.24, 2.45) is 5.92 Å². The van der Waals surface area contributed by atoms with Gasteiger partial charge < -0.3 is 44.6 Å². The number of nitrogens with zero attached hydrogens (tertiary/aromatic N) is 6. The predicted molar refractivity (Wildman–Crippen MR) is 236 cm³/mol. The van der Waals surface area contributed by atoms with Crippen LogP contribution in [0.4, 0.5) is 4.79 Å². The van der Waals surface area contributed by atoms with Crippen molar-refractivity contribution in [3.8, 4) is 45.1 Å². The molecule has 1 unspecified atom stereocenters. The Morgan fingerprint density at radius 2 is 1.34 bits per heavy atom. The number of carbonyl (C=O) groups excluding carboxylic acids is 4. The zero-order valence-electron chi connectivity index (χ0n) is 36.2. The van der Waals surface area contributed by atoms with Gasteiger partial charge in [-0.2, -0.15) is 0 Å². The second kappa shape index (κ2) is 17.2. The number of likely N-dealkylation sites (tertiary alicyclic amines) is 2. The van der Waals surface area contributed by atoms with Crippen LogP contribution in [0.15, 0.2) is 85.6 Å². The number of methoxy groups -OCH3 is 1. The van der Waals surface area contributed by atoms with Gasteiger partial charge in [0.05, 0.1) is 43.0 Å². The molecule has 4 aliphatic rings. The third-order valence-electron chi connectivity index (χ3n) is 12.8. The maximum Gasteiger partial charge on any atom is 0.407 e. The Hall–Kier alpha value is -7.56. The molecule has 6 aromatic rings. The topological polar surface area (TPSA) is 210 Å². The first-order valence-electron chi connectivity index (χ1n) is 21.9. The number of alkyl carbamates (subject to hydrolysis) is 1. The zero-order valence-corrected chi connectivity index (χ0v) is 36.2. The van der Waals surface area contributed by atoms with Gasteiger partial charge in [-0.05, 0) is 67.5 Å². The molecule has 17 nitrogen and oxygen atoms in total. The Morgan fingerprint density at radius 1 is 0.754 bits per heavy atom. The second-order valence-corrected chi connectivity index (χ2v) is 17.1. The summed E-state index contributed by atoms with van der Waals surface area (Å²) in [4.78, 5) is 81.5. The monoisotopic (exact) mass is 876 g/mol. The summed E-state index contributed by atoms with van der Waals surface area (Å²) in [6, 6.07) is 16.7. The van der Waals surface area contributed by atoms with Crippen molar-refractivity contribution in [1.29, 1.82) is 0 Å². The molecule has 0 saturated carbocycles. The first-order chi connectivity index (χ1) is 31.6. The summed E-state index contributed by atoms with van der Waals surface area (Å²) in [5.41, 5.74) is 8.14. The summed E-state index contributed by atoms with van der Waals surface area (Å²) in [7, 11) is 1.29. The van der Waals surface area contributed by atoms with Crippen LogP contribution in [-0.4, -0.2) is 89.8 Å². The fourth-order valence-electron chi connectivity index (χ4n) is 9.53. The van der Waals surface area contributed by atoms with Gasteiger partial charge in [0.25, 0.3) is 5.91 Å². The Balaban J connectivity index is 0.874. The summed E-state index contributed by atoms with van der Waals surface area (Å²) in [6.45, 7) is 5.53. The van der Waals surface area contributed by atoms with Crippen molar-refractivity contribution < 1.29 is 33.4 Å². The lowest BCUT2D eigenvalue weighted by Crippen LogP contribution is -2.51. The van der Waals surface area contributed by atoms with Crippen LogP contribution in [0.2, 0.25) is 0 Å². The van der Waals surface area contributed by atoms with E-state index in [1.54, 1.807) is 22.2 Å². The van der Waals surface area contributed by atoms with Gasteiger partial charge in [-0.25, -0.2) is 24.7 Å². The molecule has 2 fully saturated rings. The van der Waals surface area contributed by atoms with E-state index in [1.165, 1.54) is 25.7 Å². The quantitative estimate of drug-likeness (QED) is 0.109. The van der Waals surface area contributed by atoms with E-state index in [4.69, 9.17) is 24.2 Å². The molecule has 3 aromatic heterocycles. The number of rotatable bonds is 11. The van der Waals surface area contributed by atoms with Crippen LogP contribution in [0.5, 0.6) is 11.5 Å². The van der Waals surface area contributed by atoms with E-state index < -0.39 is 24.1 Å². The van der Waals surface area contributed by atoms with Gasteiger partial charge >= 0.3 is 6.09 Å². The standard InChI is InChI=1S/C48H48N10O7/c1-26(2)41(56-48(62)63-3)46(60)57-15-7-11-35(57)43-50-21-33(53-43)28-17-30-23-65-38-20-29(18-31-24-64-37(19-28)39(30)40(31)38)34-22-51-44(54-34)36-12-8-16-58(36)47(61)42(27-9-5-4-6-10-27)55-45(59)32-13-14-49-25-52-32/h4-6,9-10,13-14,17-22,25-26,35-36,41-42H,7-8,11-12,15-16,23-24H2,1-3H3,(H,50,53)(H,51,54)(H,55,59)(H,56,62)/t35-,36-,41?,42+/m0/s1. The van der Waals surface area contributed by atoms with Crippen molar-refractivity contribution in [2.75, 3.05) is 20.2 Å². The number of H-pyrrole nitrogens is 2. The van der Waals surface area contributed by atoms with Crippen molar-refractivity contribution in [2.45, 2.75) is 76.9 Å². The van der Waals surface area contributed by atoms with Gasteiger partial charge in [-0.15, -0.1) is 0 Å². The molecule has 10 rings (SSSR count). The normalized spacial score (nSPS) is 18.0. The molecular formula is C48H48N10O7. The minimum atomic E-state index is -0.928. The largest absolute Gasteiger partial charge is 0.488 e. The van der Waals surface area contributed by atoms with Crippen LogP contribution in [0.1, 0.15) is 96.5 Å². The predicted octanol–water partition coefficient (Wildman–Crippen LogP) is 6.59. The van der Waals surface area contributed by atoms with E-state index in [-0.39, 0.29) is 35.5 Å². The van der Waals surface area contributed by atoms with Crippen LogP contribution in [0.3, 0.4) is 0 Å². The van der Waals surface area contributed by atoms with Gasteiger partial charge in [0.2, 0.25) is 11.8 Å². The number of aromatic amines is 2. The molecule has 2 saturated heterocycles. The third-order valence-corrected chi connectivity index (χ3v) is 12.8. The molecular weight excluding hydrogens is 829 g/mol. The van der Waals surface area contributed by atoms with Gasteiger partial charge in [0.15, 0.2) is 0 Å². The van der Waals surface area contributed by atoms with Crippen LogP contribution < -0.4 is 20.1 Å². The number of aromatic nitrogens is 6. The average molecular weight is 877 g/mol. The van der Waals surface area contributed by atoms with Gasteiger partial charge in [0, 0.05) is 52.7 Å². The van der Waals surface area contributed by atoms with Crippen LogP contribution in [0, 0.1) is 5.92 Å². The highest BCUT2D eigenvalue weighted by atomic mass is 16.5. The summed E-state index contributed by atoms with van der Waals surface area (Å²) in [6.07, 6.45) is 8.78. The SMILES string of the molecule is COC(=O)NC(C(=O)N1CCC[C@H]1c1ncc(-c2cc3c4c(c2)OCc2cc(-c5cnc([C@@H]6CCCN6C(=O)[C@H](NC(=O)c6ccncn6)c6ccccc6)[nH]5)cc(c2-4)OC3)[nH]1)C(C)C. The van der Waals surface area contributed by atoms with Gasteiger partial charge in [-0.1, -0.05) is 44.2 Å². The molecule has 332 valence electrons. The Morgan fingerprint density at radius 3 is 1.88 bits per heavy atom. The lowest BCUT2D eigenvalue weighted by molar-refractivity contribution is -0.135. The number of benzene rings is 3. The fraction of sp³-hybridized carbons (Fsp3) is 0.333. The smallest absolute Gasteiger partial charge is 0.407 e. The Labute approximate surface area is 374 Å². The molecule has 4 N–H and O–H groups in total.